The Morgan fingerprint density at radius 3 is 2.58 bits per heavy atom. The van der Waals surface area contributed by atoms with Gasteiger partial charge in [0.2, 0.25) is 0 Å². The predicted octanol–water partition coefficient (Wildman–Crippen LogP) is 4.99. The minimum absolute atomic E-state index is 0.0245. The summed E-state index contributed by atoms with van der Waals surface area (Å²) in [6, 6.07) is 13.3. The third-order valence-corrected chi connectivity index (χ3v) is 4.24. The summed E-state index contributed by atoms with van der Waals surface area (Å²) < 4.78 is 5.69. The molecule has 1 N–H and O–H groups in total. The van der Waals surface area contributed by atoms with Crippen LogP contribution in [0.4, 0.5) is 0 Å². The van der Waals surface area contributed by atoms with Crippen molar-refractivity contribution in [3.63, 3.8) is 0 Å². The van der Waals surface area contributed by atoms with E-state index in [0.717, 1.165) is 12.0 Å². The smallest absolute Gasteiger partial charge is 0.261 e. The van der Waals surface area contributed by atoms with Crippen molar-refractivity contribution < 1.29 is 9.53 Å². The first-order valence-corrected chi connectivity index (χ1v) is 8.58. The molecule has 0 radical (unpaired) electrons. The molecule has 0 fully saturated rings. The molecule has 0 aliphatic rings. The molecule has 0 saturated heterocycles. The molecule has 128 valence electrons. The number of amides is 1. The van der Waals surface area contributed by atoms with Crippen molar-refractivity contribution in [1.29, 1.82) is 0 Å². The van der Waals surface area contributed by atoms with Crippen LogP contribution in [0.25, 0.3) is 0 Å². The van der Waals surface area contributed by atoms with Crippen molar-refractivity contribution >= 4 is 17.5 Å². The van der Waals surface area contributed by atoms with Gasteiger partial charge in [0.15, 0.2) is 6.10 Å². The Hall–Kier alpha value is -2.00. The van der Waals surface area contributed by atoms with Crippen molar-refractivity contribution in [3.8, 4) is 5.75 Å². The molecule has 2 aromatic carbocycles. The molecule has 0 aliphatic carbocycles. The van der Waals surface area contributed by atoms with Gasteiger partial charge in [-0.2, -0.15) is 0 Å². The van der Waals surface area contributed by atoms with E-state index in [9.17, 15) is 4.79 Å². The second-order valence-corrected chi connectivity index (χ2v) is 6.48. The predicted molar refractivity (Wildman–Crippen MR) is 98.6 cm³/mol. The first-order chi connectivity index (χ1) is 11.4. The SMILES string of the molecule is CCC(NC(=O)C(C)Oc1cccc(Cl)c1)c1ccc(C)cc1C. The van der Waals surface area contributed by atoms with Gasteiger partial charge in [-0.05, 0) is 56.5 Å². The molecule has 0 aliphatic heterocycles. The molecule has 4 heteroatoms. The minimum Gasteiger partial charge on any atom is -0.481 e. The highest BCUT2D eigenvalue weighted by atomic mass is 35.5. The standard InChI is InChI=1S/C20H24ClNO2/c1-5-19(18-10-9-13(2)11-14(18)3)22-20(23)15(4)24-17-8-6-7-16(21)12-17/h6-12,15,19H,5H2,1-4H3,(H,22,23). The molecule has 2 aromatic rings. The maximum atomic E-state index is 12.5. The van der Waals surface area contributed by atoms with Gasteiger partial charge >= 0.3 is 0 Å². The Morgan fingerprint density at radius 1 is 1.21 bits per heavy atom. The molecule has 2 rings (SSSR count). The van der Waals surface area contributed by atoms with Gasteiger partial charge in [0, 0.05) is 5.02 Å². The van der Waals surface area contributed by atoms with Crippen LogP contribution in [-0.2, 0) is 4.79 Å². The van der Waals surface area contributed by atoms with E-state index in [1.807, 2.05) is 0 Å². The summed E-state index contributed by atoms with van der Waals surface area (Å²) in [5, 5.41) is 3.67. The highest BCUT2D eigenvalue weighted by Gasteiger charge is 2.20. The topological polar surface area (TPSA) is 38.3 Å². The van der Waals surface area contributed by atoms with Crippen LogP contribution in [-0.4, -0.2) is 12.0 Å². The molecule has 0 bridgehead atoms. The number of hydrogen-bond acceptors (Lipinski definition) is 2. The largest absolute Gasteiger partial charge is 0.481 e. The zero-order valence-electron chi connectivity index (χ0n) is 14.6. The van der Waals surface area contributed by atoms with Crippen LogP contribution in [0.15, 0.2) is 42.5 Å². The number of hydrogen-bond donors (Lipinski definition) is 1. The zero-order valence-corrected chi connectivity index (χ0v) is 15.4. The van der Waals surface area contributed by atoms with Crippen LogP contribution < -0.4 is 10.1 Å². The Bertz CT molecular complexity index is 715. The van der Waals surface area contributed by atoms with Crippen LogP contribution in [0.3, 0.4) is 0 Å². The average molecular weight is 346 g/mol. The number of aryl methyl sites for hydroxylation is 2. The van der Waals surface area contributed by atoms with Gasteiger partial charge in [-0.25, -0.2) is 0 Å². The van der Waals surface area contributed by atoms with Crippen LogP contribution >= 0.6 is 11.6 Å². The number of rotatable bonds is 6. The Morgan fingerprint density at radius 2 is 1.96 bits per heavy atom. The molecule has 24 heavy (non-hydrogen) atoms. The quantitative estimate of drug-likeness (QED) is 0.800. The van der Waals surface area contributed by atoms with Crippen LogP contribution in [0, 0.1) is 13.8 Å². The molecule has 0 spiro atoms. The number of halogens is 1. The molecule has 0 heterocycles. The highest BCUT2D eigenvalue weighted by molar-refractivity contribution is 6.30. The van der Waals surface area contributed by atoms with E-state index in [0.29, 0.717) is 10.8 Å². The molecular formula is C20H24ClNO2. The van der Waals surface area contributed by atoms with E-state index in [1.54, 1.807) is 31.2 Å². The summed E-state index contributed by atoms with van der Waals surface area (Å²) in [7, 11) is 0. The average Bonchev–Trinajstić information content (AvgIpc) is 2.53. The molecular weight excluding hydrogens is 322 g/mol. The van der Waals surface area contributed by atoms with E-state index >= 15 is 0 Å². The summed E-state index contributed by atoms with van der Waals surface area (Å²) in [5.41, 5.74) is 3.55. The van der Waals surface area contributed by atoms with Gasteiger partial charge in [0.1, 0.15) is 5.75 Å². The van der Waals surface area contributed by atoms with Crippen molar-refractivity contribution in [2.75, 3.05) is 0 Å². The fourth-order valence-electron chi connectivity index (χ4n) is 2.70. The summed E-state index contributed by atoms with van der Waals surface area (Å²) in [6.45, 7) is 7.94. The monoisotopic (exact) mass is 345 g/mol. The second-order valence-electron chi connectivity index (χ2n) is 6.05. The lowest BCUT2D eigenvalue weighted by molar-refractivity contribution is -0.128. The fourth-order valence-corrected chi connectivity index (χ4v) is 2.88. The lowest BCUT2D eigenvalue weighted by Crippen LogP contribution is -2.38. The van der Waals surface area contributed by atoms with Crippen molar-refractivity contribution in [2.45, 2.75) is 46.3 Å². The van der Waals surface area contributed by atoms with Crippen molar-refractivity contribution in [3.05, 3.63) is 64.2 Å². The van der Waals surface area contributed by atoms with Gasteiger partial charge in [-0.1, -0.05) is 48.4 Å². The summed E-state index contributed by atoms with van der Waals surface area (Å²) in [6.07, 6.45) is 0.225. The number of benzene rings is 2. The summed E-state index contributed by atoms with van der Waals surface area (Å²) in [5.74, 6) is 0.450. The Balaban J connectivity index is 2.05. The number of carbonyl (C=O) groups is 1. The molecule has 0 aromatic heterocycles. The van der Waals surface area contributed by atoms with Gasteiger partial charge < -0.3 is 10.1 Å². The Labute approximate surface area is 149 Å². The lowest BCUT2D eigenvalue weighted by atomic mass is 9.97. The molecule has 2 atom stereocenters. The van der Waals surface area contributed by atoms with Crippen LogP contribution in [0.5, 0.6) is 5.75 Å². The van der Waals surface area contributed by atoms with Crippen molar-refractivity contribution in [1.82, 2.24) is 5.32 Å². The first-order valence-electron chi connectivity index (χ1n) is 8.20. The molecule has 2 unspecified atom stereocenters. The van der Waals surface area contributed by atoms with E-state index in [4.69, 9.17) is 16.3 Å². The minimum atomic E-state index is -0.594. The maximum Gasteiger partial charge on any atom is 0.261 e. The van der Waals surface area contributed by atoms with Crippen molar-refractivity contribution in [2.24, 2.45) is 0 Å². The van der Waals surface area contributed by atoms with Gasteiger partial charge in [-0.3, -0.25) is 4.79 Å². The maximum absolute atomic E-state index is 12.5. The van der Waals surface area contributed by atoms with E-state index in [1.165, 1.54) is 11.1 Å². The van der Waals surface area contributed by atoms with Gasteiger partial charge in [-0.15, -0.1) is 0 Å². The number of carbonyl (C=O) groups excluding carboxylic acids is 1. The van der Waals surface area contributed by atoms with E-state index in [-0.39, 0.29) is 11.9 Å². The van der Waals surface area contributed by atoms with E-state index in [2.05, 4.69) is 44.3 Å². The Kier molecular flexibility index (Phi) is 6.27. The molecule has 1 amide bonds. The third-order valence-electron chi connectivity index (χ3n) is 4.00. The van der Waals surface area contributed by atoms with Crippen LogP contribution in [0.2, 0.25) is 5.02 Å². The molecule has 0 saturated carbocycles. The fraction of sp³-hybridized carbons (Fsp3) is 0.350. The van der Waals surface area contributed by atoms with Gasteiger partial charge in [0.25, 0.3) is 5.91 Å². The van der Waals surface area contributed by atoms with E-state index < -0.39 is 6.10 Å². The van der Waals surface area contributed by atoms with Gasteiger partial charge in [0.05, 0.1) is 6.04 Å². The zero-order chi connectivity index (χ0) is 17.7. The highest BCUT2D eigenvalue weighted by Crippen LogP contribution is 2.23. The first kappa shape index (κ1) is 18.3. The summed E-state index contributed by atoms with van der Waals surface area (Å²) >= 11 is 5.94. The lowest BCUT2D eigenvalue weighted by Gasteiger charge is -2.22. The molecule has 3 nitrogen and oxygen atoms in total. The number of ether oxygens (including phenoxy) is 1. The third kappa shape index (κ3) is 4.75. The second kappa shape index (κ2) is 8.20. The normalized spacial score (nSPS) is 13.2. The van der Waals surface area contributed by atoms with Crippen LogP contribution in [0.1, 0.15) is 43.0 Å². The number of nitrogens with one attached hydrogen (secondary N) is 1. The summed E-state index contributed by atoms with van der Waals surface area (Å²) in [4.78, 5) is 12.5.